The predicted molar refractivity (Wildman–Crippen MR) is 122 cm³/mol. The number of benzene rings is 2. The topological polar surface area (TPSA) is 54.2 Å². The van der Waals surface area contributed by atoms with Crippen molar-refractivity contribution in [2.24, 2.45) is 0 Å². The standard InChI is InChI=1S/C25H28N4O/c1-15-11-19(12-16(2)25(15)30)18-5-6-22-21(13-18)24-23(14-26-22)27-17(3)29(24)20-7-9-28(4)10-8-20/h5-6,11-14,20,30H,7-10H2,1-4H3. The van der Waals surface area contributed by atoms with E-state index in [4.69, 9.17) is 4.98 Å². The van der Waals surface area contributed by atoms with Gasteiger partial charge in [0.2, 0.25) is 0 Å². The van der Waals surface area contributed by atoms with Gasteiger partial charge in [0.1, 0.15) is 17.1 Å². The van der Waals surface area contributed by atoms with Crippen LogP contribution in [0.5, 0.6) is 5.75 Å². The van der Waals surface area contributed by atoms with Gasteiger partial charge in [-0.25, -0.2) is 4.98 Å². The van der Waals surface area contributed by atoms with Gasteiger partial charge in [0.05, 0.1) is 17.2 Å². The molecule has 0 atom stereocenters. The molecule has 1 N–H and O–H groups in total. The fourth-order valence-corrected chi connectivity index (χ4v) is 4.90. The van der Waals surface area contributed by atoms with Crippen LogP contribution in [0.4, 0.5) is 0 Å². The summed E-state index contributed by atoms with van der Waals surface area (Å²) in [5, 5.41) is 11.3. The molecule has 2 aromatic heterocycles. The maximum Gasteiger partial charge on any atom is 0.121 e. The van der Waals surface area contributed by atoms with Crippen LogP contribution in [0.3, 0.4) is 0 Å². The molecule has 0 amide bonds. The molecule has 5 heteroatoms. The van der Waals surface area contributed by atoms with Crippen LogP contribution < -0.4 is 0 Å². The van der Waals surface area contributed by atoms with Gasteiger partial charge in [-0.15, -0.1) is 0 Å². The van der Waals surface area contributed by atoms with E-state index in [-0.39, 0.29) is 0 Å². The average molecular weight is 401 g/mol. The van der Waals surface area contributed by atoms with Gasteiger partial charge in [0.25, 0.3) is 0 Å². The number of rotatable bonds is 2. The summed E-state index contributed by atoms with van der Waals surface area (Å²) in [5.41, 5.74) is 7.20. The molecule has 2 aromatic carbocycles. The summed E-state index contributed by atoms with van der Waals surface area (Å²) in [4.78, 5) is 11.9. The first-order valence-corrected chi connectivity index (χ1v) is 10.7. The van der Waals surface area contributed by atoms with Crippen LogP contribution >= 0.6 is 0 Å². The van der Waals surface area contributed by atoms with E-state index in [1.165, 1.54) is 5.52 Å². The Balaban J connectivity index is 1.72. The van der Waals surface area contributed by atoms with Crippen molar-refractivity contribution in [3.8, 4) is 16.9 Å². The Morgan fingerprint density at radius 1 is 0.933 bits per heavy atom. The summed E-state index contributed by atoms with van der Waals surface area (Å²) in [6.45, 7) is 8.24. The number of aryl methyl sites for hydroxylation is 3. The third-order valence-electron chi connectivity index (χ3n) is 6.57. The molecule has 0 unspecified atom stereocenters. The number of hydrogen-bond donors (Lipinski definition) is 1. The van der Waals surface area contributed by atoms with E-state index in [1.54, 1.807) is 0 Å². The van der Waals surface area contributed by atoms with Crippen molar-refractivity contribution < 1.29 is 5.11 Å². The fraction of sp³-hybridized carbons (Fsp3) is 0.360. The van der Waals surface area contributed by atoms with E-state index in [0.717, 1.165) is 70.4 Å². The van der Waals surface area contributed by atoms with Gasteiger partial charge in [0, 0.05) is 11.4 Å². The average Bonchev–Trinajstić information content (AvgIpc) is 3.08. The van der Waals surface area contributed by atoms with E-state index in [1.807, 2.05) is 20.0 Å². The molecular formula is C25H28N4O. The molecule has 0 bridgehead atoms. The molecule has 0 radical (unpaired) electrons. The lowest BCUT2D eigenvalue weighted by Gasteiger charge is -2.31. The van der Waals surface area contributed by atoms with Crippen LogP contribution in [0.15, 0.2) is 36.5 Å². The van der Waals surface area contributed by atoms with E-state index < -0.39 is 0 Å². The van der Waals surface area contributed by atoms with E-state index >= 15 is 0 Å². The molecule has 0 saturated carbocycles. The zero-order chi connectivity index (χ0) is 21.0. The monoisotopic (exact) mass is 400 g/mol. The Hall–Kier alpha value is -2.92. The normalized spacial score (nSPS) is 16.0. The molecule has 3 heterocycles. The molecule has 1 aliphatic rings. The lowest BCUT2D eigenvalue weighted by atomic mass is 9.98. The highest BCUT2D eigenvalue weighted by molar-refractivity contribution is 6.04. The molecule has 1 fully saturated rings. The van der Waals surface area contributed by atoms with E-state index in [2.05, 4.69) is 58.8 Å². The summed E-state index contributed by atoms with van der Waals surface area (Å²) in [6, 6.07) is 11.0. The first-order chi connectivity index (χ1) is 14.4. The highest BCUT2D eigenvalue weighted by atomic mass is 16.3. The second-order valence-corrected chi connectivity index (χ2v) is 8.75. The molecule has 0 aliphatic carbocycles. The van der Waals surface area contributed by atoms with Crippen molar-refractivity contribution in [3.05, 3.63) is 53.5 Å². The third-order valence-corrected chi connectivity index (χ3v) is 6.57. The van der Waals surface area contributed by atoms with Crippen LogP contribution in [0.2, 0.25) is 0 Å². The van der Waals surface area contributed by atoms with Crippen molar-refractivity contribution in [2.45, 2.75) is 39.7 Å². The number of phenolic OH excluding ortho intramolecular Hbond substituents is 1. The van der Waals surface area contributed by atoms with E-state index in [0.29, 0.717) is 11.8 Å². The molecule has 1 saturated heterocycles. The number of pyridine rings is 1. The van der Waals surface area contributed by atoms with Gasteiger partial charge in [-0.1, -0.05) is 6.07 Å². The number of phenols is 1. The summed E-state index contributed by atoms with van der Waals surface area (Å²) in [6.07, 6.45) is 4.19. The minimum Gasteiger partial charge on any atom is -0.507 e. The SMILES string of the molecule is Cc1cc(-c2ccc3ncc4nc(C)n(C5CCN(C)CC5)c4c3c2)cc(C)c1O. The molecule has 1 aliphatic heterocycles. The van der Waals surface area contributed by atoms with Crippen molar-refractivity contribution in [1.82, 2.24) is 19.4 Å². The summed E-state index contributed by atoms with van der Waals surface area (Å²) >= 11 is 0. The highest BCUT2D eigenvalue weighted by Gasteiger charge is 2.23. The summed E-state index contributed by atoms with van der Waals surface area (Å²) < 4.78 is 2.45. The van der Waals surface area contributed by atoms with E-state index in [9.17, 15) is 5.11 Å². The smallest absolute Gasteiger partial charge is 0.121 e. The first kappa shape index (κ1) is 19.1. The van der Waals surface area contributed by atoms with Crippen molar-refractivity contribution in [1.29, 1.82) is 0 Å². The number of fused-ring (bicyclic) bond motifs is 3. The predicted octanol–water partition coefficient (Wildman–Crippen LogP) is 5.15. The van der Waals surface area contributed by atoms with Gasteiger partial charge in [0.15, 0.2) is 0 Å². The lowest BCUT2D eigenvalue weighted by Crippen LogP contribution is -2.31. The highest BCUT2D eigenvalue weighted by Crippen LogP contribution is 2.35. The molecule has 154 valence electrons. The van der Waals surface area contributed by atoms with Gasteiger partial charge >= 0.3 is 0 Å². The van der Waals surface area contributed by atoms with Crippen molar-refractivity contribution in [2.75, 3.05) is 20.1 Å². The first-order valence-electron chi connectivity index (χ1n) is 10.7. The molecular weight excluding hydrogens is 372 g/mol. The molecule has 4 aromatic rings. The number of imidazole rings is 1. The quantitative estimate of drug-likeness (QED) is 0.506. The van der Waals surface area contributed by atoms with Gasteiger partial charge in [-0.2, -0.15) is 0 Å². The van der Waals surface area contributed by atoms with Gasteiger partial charge in [-0.05, 0) is 100 Å². The third kappa shape index (κ3) is 3.05. The Morgan fingerprint density at radius 2 is 1.63 bits per heavy atom. The van der Waals surface area contributed by atoms with Crippen LogP contribution in [0.1, 0.15) is 35.8 Å². The largest absolute Gasteiger partial charge is 0.507 e. The lowest BCUT2D eigenvalue weighted by molar-refractivity contribution is 0.222. The summed E-state index contributed by atoms with van der Waals surface area (Å²) in [7, 11) is 2.20. The number of aromatic hydroxyl groups is 1. The minimum absolute atomic E-state index is 0.375. The number of hydrogen-bond acceptors (Lipinski definition) is 4. The zero-order valence-electron chi connectivity index (χ0n) is 18.1. The number of piperidine rings is 1. The number of aromatic nitrogens is 3. The fourth-order valence-electron chi connectivity index (χ4n) is 4.90. The van der Waals surface area contributed by atoms with Crippen LogP contribution in [-0.2, 0) is 0 Å². The molecule has 5 rings (SSSR count). The van der Waals surface area contributed by atoms with Crippen molar-refractivity contribution >= 4 is 21.9 Å². The summed E-state index contributed by atoms with van der Waals surface area (Å²) in [5.74, 6) is 1.44. The van der Waals surface area contributed by atoms with Gasteiger partial charge < -0.3 is 14.6 Å². The number of likely N-dealkylation sites (tertiary alicyclic amines) is 1. The molecule has 30 heavy (non-hydrogen) atoms. The van der Waals surface area contributed by atoms with Crippen LogP contribution in [0.25, 0.3) is 33.1 Å². The second kappa shape index (κ2) is 7.10. The van der Waals surface area contributed by atoms with Gasteiger partial charge in [-0.3, -0.25) is 4.98 Å². The van der Waals surface area contributed by atoms with Crippen molar-refractivity contribution in [3.63, 3.8) is 0 Å². The molecule has 0 spiro atoms. The molecule has 5 nitrogen and oxygen atoms in total. The Labute approximate surface area is 177 Å². The van der Waals surface area contributed by atoms with Crippen LogP contribution in [-0.4, -0.2) is 44.7 Å². The minimum atomic E-state index is 0.375. The zero-order valence-corrected chi connectivity index (χ0v) is 18.1. The Morgan fingerprint density at radius 3 is 2.33 bits per heavy atom. The second-order valence-electron chi connectivity index (χ2n) is 8.75. The Kier molecular flexibility index (Phi) is 4.51. The maximum atomic E-state index is 10.2. The number of nitrogens with zero attached hydrogens (tertiary/aromatic N) is 4. The maximum absolute atomic E-state index is 10.2. The Bertz CT molecular complexity index is 1240. The van der Waals surface area contributed by atoms with Crippen LogP contribution in [0, 0.1) is 20.8 Å².